The van der Waals surface area contributed by atoms with Crippen molar-refractivity contribution in [3.63, 3.8) is 0 Å². The lowest BCUT2D eigenvalue weighted by atomic mass is 10.1. The van der Waals surface area contributed by atoms with Crippen LogP contribution in [0, 0.1) is 0 Å². The van der Waals surface area contributed by atoms with Gasteiger partial charge in [0.2, 0.25) is 5.95 Å². The number of nitrogens with one attached hydrogen (secondary N) is 3. The molecule has 2 aliphatic heterocycles. The number of H-pyrrole nitrogens is 1. The van der Waals surface area contributed by atoms with E-state index in [4.69, 9.17) is 0 Å². The molecular formula is C27H25N7O4S2. The van der Waals surface area contributed by atoms with Crippen molar-refractivity contribution in [3.05, 3.63) is 76.6 Å². The Morgan fingerprint density at radius 1 is 1.12 bits per heavy atom. The zero-order chi connectivity index (χ0) is 27.8. The Kier molecular flexibility index (Phi) is 7.00. The Hall–Kier alpha value is -4.20. The Morgan fingerprint density at radius 3 is 2.75 bits per heavy atom. The van der Waals surface area contributed by atoms with Gasteiger partial charge >= 0.3 is 0 Å². The van der Waals surface area contributed by atoms with Crippen LogP contribution in [0.4, 0.5) is 5.95 Å². The number of amides is 2. The summed E-state index contributed by atoms with van der Waals surface area (Å²) in [4.78, 5) is 45.5. The second-order valence-electron chi connectivity index (χ2n) is 9.28. The highest BCUT2D eigenvalue weighted by Gasteiger charge is 2.34. The summed E-state index contributed by atoms with van der Waals surface area (Å²) in [5.74, 6) is -0.681. The van der Waals surface area contributed by atoms with Crippen molar-refractivity contribution in [1.29, 1.82) is 0 Å². The third-order valence-corrected chi connectivity index (χ3v) is 10.3. The summed E-state index contributed by atoms with van der Waals surface area (Å²) in [6, 6.07) is 14.4. The van der Waals surface area contributed by atoms with Crippen LogP contribution in [0.1, 0.15) is 40.6 Å². The number of amidine groups is 1. The summed E-state index contributed by atoms with van der Waals surface area (Å²) in [7, 11) is -3.79. The third kappa shape index (κ3) is 4.72. The predicted octanol–water partition coefficient (Wildman–Crippen LogP) is 3.20. The van der Waals surface area contributed by atoms with Gasteiger partial charge < -0.3 is 10.3 Å². The van der Waals surface area contributed by atoms with Gasteiger partial charge in [0.25, 0.3) is 21.1 Å². The Balaban J connectivity index is 1.32. The van der Waals surface area contributed by atoms with Gasteiger partial charge in [-0.1, -0.05) is 37.3 Å². The van der Waals surface area contributed by atoms with Crippen molar-refractivity contribution in [3.8, 4) is 0 Å². The molecule has 2 aliphatic rings. The molecule has 13 heteroatoms. The fraction of sp³-hybridized carbons (Fsp3) is 0.222. The Bertz CT molecular complexity index is 1900. The summed E-state index contributed by atoms with van der Waals surface area (Å²) in [5, 5.41) is 7.99. The van der Waals surface area contributed by atoms with Crippen LogP contribution in [0.3, 0.4) is 0 Å². The van der Waals surface area contributed by atoms with Crippen LogP contribution >= 0.6 is 0 Å². The Morgan fingerprint density at radius 2 is 1.95 bits per heavy atom. The molecule has 4 aromatic rings. The zero-order valence-corrected chi connectivity index (χ0v) is 23.1. The van der Waals surface area contributed by atoms with E-state index in [0.717, 1.165) is 16.5 Å². The maximum atomic E-state index is 14.0. The van der Waals surface area contributed by atoms with Crippen LogP contribution in [0.5, 0.6) is 0 Å². The number of benzene rings is 2. The number of rotatable bonds is 5. The summed E-state index contributed by atoms with van der Waals surface area (Å²) >= 11 is 0. The highest BCUT2D eigenvalue weighted by atomic mass is 32.9. The van der Waals surface area contributed by atoms with Crippen molar-refractivity contribution in [1.82, 2.24) is 25.2 Å². The number of nitrogens with zero attached hydrogens (tertiary/aromatic N) is 4. The summed E-state index contributed by atoms with van der Waals surface area (Å²) in [5.41, 5.74) is 2.15. The molecule has 6 rings (SSSR count). The lowest BCUT2D eigenvalue weighted by Gasteiger charge is -2.22. The summed E-state index contributed by atoms with van der Waals surface area (Å²) in [6.45, 7) is 3.35. The van der Waals surface area contributed by atoms with Crippen molar-refractivity contribution < 1.29 is 18.0 Å². The number of imidazole rings is 1. The molecule has 0 fully saturated rings. The number of aromatic nitrogens is 3. The average Bonchev–Trinajstić information content (AvgIpc) is 3.56. The monoisotopic (exact) mass is 575 g/mol. The summed E-state index contributed by atoms with van der Waals surface area (Å²) in [6.07, 6.45) is 2.85. The van der Waals surface area contributed by atoms with Crippen molar-refractivity contribution >= 4 is 63.5 Å². The predicted molar refractivity (Wildman–Crippen MR) is 155 cm³/mol. The molecule has 204 valence electrons. The van der Waals surface area contributed by atoms with Gasteiger partial charge in [0.15, 0.2) is 5.17 Å². The van der Waals surface area contributed by atoms with E-state index in [2.05, 4.69) is 30.6 Å². The molecule has 0 saturated carbocycles. The molecule has 0 spiro atoms. The van der Waals surface area contributed by atoms with Crippen LogP contribution in [0.25, 0.3) is 21.8 Å². The van der Waals surface area contributed by atoms with Crippen LogP contribution in [0.15, 0.2) is 70.3 Å². The lowest BCUT2D eigenvalue weighted by Crippen LogP contribution is -2.39. The third-order valence-electron chi connectivity index (χ3n) is 6.66. The van der Waals surface area contributed by atoms with Gasteiger partial charge in [0, 0.05) is 52.0 Å². The maximum Gasteiger partial charge on any atom is 0.276 e. The highest BCUT2D eigenvalue weighted by molar-refractivity contribution is 8.43. The number of aliphatic imine (C=N–C) groups is 1. The minimum atomic E-state index is -2.46. The summed E-state index contributed by atoms with van der Waals surface area (Å²) < 4.78 is 24.6. The van der Waals surface area contributed by atoms with E-state index in [9.17, 15) is 18.0 Å². The van der Waals surface area contributed by atoms with E-state index < -0.39 is 30.5 Å². The average molecular weight is 576 g/mol. The lowest BCUT2D eigenvalue weighted by molar-refractivity contribution is 0.0851. The molecule has 2 amide bonds. The van der Waals surface area contributed by atoms with E-state index in [0.29, 0.717) is 48.4 Å². The van der Waals surface area contributed by atoms with Gasteiger partial charge in [-0.05, 0) is 30.0 Å². The molecule has 0 radical (unpaired) electrons. The number of hydrogen-bond acceptors (Lipinski definition) is 8. The van der Waals surface area contributed by atoms with Crippen LogP contribution in [-0.2, 0) is 18.7 Å². The number of pyridine rings is 1. The molecule has 11 nitrogen and oxygen atoms in total. The van der Waals surface area contributed by atoms with Gasteiger partial charge in [-0.15, -0.1) is 0 Å². The number of para-hydroxylation sites is 1. The zero-order valence-electron chi connectivity index (χ0n) is 21.5. The van der Waals surface area contributed by atoms with Crippen molar-refractivity contribution in [2.24, 2.45) is 4.99 Å². The molecule has 0 bridgehead atoms. The number of hydrogen-bond donors (Lipinski definition) is 3. The number of aromatic amines is 1. The molecule has 2 aromatic heterocycles. The van der Waals surface area contributed by atoms with Gasteiger partial charge in [0.05, 0.1) is 16.8 Å². The number of carbonyl (C=O) groups excluding carboxylic acids is 2. The second kappa shape index (κ2) is 10.8. The molecule has 1 atom stereocenters. The minimum absolute atomic E-state index is 0.166. The number of carbonyl (C=O) groups is 2. The molecule has 4 heterocycles. The quantitative estimate of drug-likeness (QED) is 0.331. The largest absolute Gasteiger partial charge is 0.324 e. The fourth-order valence-electron chi connectivity index (χ4n) is 4.81. The van der Waals surface area contributed by atoms with E-state index in [-0.39, 0.29) is 22.4 Å². The van der Waals surface area contributed by atoms with E-state index >= 15 is 0 Å². The van der Waals surface area contributed by atoms with Gasteiger partial charge in [-0.2, -0.15) is 8.42 Å². The first-order valence-electron chi connectivity index (χ1n) is 12.8. The van der Waals surface area contributed by atoms with E-state index in [1.165, 1.54) is 4.90 Å². The highest BCUT2D eigenvalue weighted by Crippen LogP contribution is 2.29. The number of anilines is 1. The van der Waals surface area contributed by atoms with Gasteiger partial charge in [-0.3, -0.25) is 24.8 Å². The molecule has 1 unspecified atom stereocenters. The molecule has 3 N–H and O–H groups in total. The topological polar surface area (TPSA) is 150 Å². The molecule has 0 aliphatic carbocycles. The Labute approximate surface area is 232 Å². The smallest absolute Gasteiger partial charge is 0.276 e. The van der Waals surface area contributed by atoms with Gasteiger partial charge in [0.1, 0.15) is 11.2 Å². The fourth-order valence-corrected chi connectivity index (χ4v) is 8.18. The van der Waals surface area contributed by atoms with Gasteiger partial charge in [-0.25, -0.2) is 9.98 Å². The maximum absolute atomic E-state index is 14.0. The molecule has 0 saturated heterocycles. The first kappa shape index (κ1) is 26.0. The minimum Gasteiger partial charge on any atom is -0.324 e. The van der Waals surface area contributed by atoms with Crippen LogP contribution in [0.2, 0.25) is 0 Å². The first-order chi connectivity index (χ1) is 19.4. The standard InChI is InChI=1S/C27H25N7O4S2/c1-2-12-34(27-31-19-10-11-28-15-22(19)39(27)40(37)38)25(36)18-8-5-9-20-23(18)32-26(30-20)33-24(35)21-13-16-6-3-4-7-17(16)14-29-21/h3-9,13-14,28H,2,10-12,15H2,1H3,(H2,30,32,33,35). The first-order valence-corrected chi connectivity index (χ1v) is 15.6. The normalized spacial score (nSPS) is 16.6. The molecule has 40 heavy (non-hydrogen) atoms. The van der Waals surface area contributed by atoms with Crippen molar-refractivity contribution in [2.45, 2.75) is 19.8 Å². The number of fused-ring (bicyclic) bond motifs is 2. The van der Waals surface area contributed by atoms with Crippen molar-refractivity contribution in [2.75, 3.05) is 25.0 Å². The van der Waals surface area contributed by atoms with E-state index in [1.54, 1.807) is 30.5 Å². The second-order valence-corrected chi connectivity index (χ2v) is 12.9. The van der Waals surface area contributed by atoms with Crippen LogP contribution in [-0.4, -0.2) is 64.9 Å². The molecule has 2 aromatic carbocycles. The van der Waals surface area contributed by atoms with Crippen LogP contribution < -0.4 is 10.6 Å². The van der Waals surface area contributed by atoms with E-state index in [1.807, 2.05) is 31.2 Å². The molecular weight excluding hydrogens is 550 g/mol. The SMILES string of the molecule is CCCN(C(=O)c1cccc2[nH]c(NC(=O)c3cc4ccccc4cn3)nc12)C1=NC2=C(CNCC2)S1=S(=O)=O.